The second-order valence-corrected chi connectivity index (χ2v) is 0.794. The van der Waals surface area contributed by atoms with Crippen LogP contribution in [0.25, 0.3) is 0 Å². The Balaban J connectivity index is 0.000000360. The lowest BCUT2D eigenvalue weighted by atomic mass is 11.1. The topological polar surface area (TPSA) is 38.7 Å². The van der Waals surface area contributed by atoms with E-state index in [4.69, 9.17) is 0 Å². The Labute approximate surface area is 51.6 Å². The number of nitrogens with zero attached hydrogens (tertiary/aromatic N) is 3. The normalized spacial score (nSPS) is 6.86. The van der Waals surface area contributed by atoms with Crippen LogP contribution in [0.15, 0.2) is 19.0 Å². The van der Waals surface area contributed by atoms with E-state index in [9.17, 15) is 0 Å². The first-order valence-electron chi connectivity index (χ1n) is 1.55. The van der Waals surface area contributed by atoms with E-state index in [1.54, 1.807) is 0 Å². The summed E-state index contributed by atoms with van der Waals surface area (Å²) >= 11 is 0. The first-order chi connectivity index (χ1) is 3.00. The van der Waals surface area contributed by atoms with E-state index in [1.807, 2.05) is 0 Å². The Hall–Kier alpha value is -0.510. The highest BCUT2D eigenvalue weighted by Crippen LogP contribution is 1.57. The van der Waals surface area contributed by atoms with Crippen molar-refractivity contribution in [2.24, 2.45) is 0 Å². The molecule has 0 aromatic carbocycles. The summed E-state index contributed by atoms with van der Waals surface area (Å²) in [7, 11) is 0. The van der Waals surface area contributed by atoms with Gasteiger partial charge in [0, 0.05) is 0 Å². The Kier molecular flexibility index (Phi) is 3.40. The predicted octanol–water partition coefficient (Wildman–Crippen LogP) is 0.450. The average molecular weight is 162 g/mol. The SMILES string of the molecule is Br.c1ncncn1. The highest BCUT2D eigenvalue weighted by Gasteiger charge is 1.59. The Bertz CT molecular complexity index is 82.1. The molecule has 0 N–H and O–H groups in total. The fraction of sp³-hybridized carbons (Fsp3) is 0. The van der Waals surface area contributed by atoms with Crippen LogP contribution in [0.5, 0.6) is 0 Å². The van der Waals surface area contributed by atoms with E-state index < -0.39 is 0 Å². The molecule has 1 aromatic rings. The van der Waals surface area contributed by atoms with Gasteiger partial charge < -0.3 is 0 Å². The van der Waals surface area contributed by atoms with Gasteiger partial charge in [-0.1, -0.05) is 0 Å². The van der Waals surface area contributed by atoms with Crippen molar-refractivity contribution in [1.29, 1.82) is 0 Å². The van der Waals surface area contributed by atoms with Gasteiger partial charge in [-0.3, -0.25) is 0 Å². The van der Waals surface area contributed by atoms with Crippen LogP contribution in [0.4, 0.5) is 0 Å². The van der Waals surface area contributed by atoms with E-state index in [0.717, 1.165) is 0 Å². The van der Waals surface area contributed by atoms with E-state index >= 15 is 0 Å². The largest absolute Gasteiger partial charge is 0.225 e. The molecule has 4 heteroatoms. The highest BCUT2D eigenvalue weighted by atomic mass is 79.9. The minimum atomic E-state index is 0. The number of halogens is 1. The fourth-order valence-corrected chi connectivity index (χ4v) is 0.205. The van der Waals surface area contributed by atoms with Gasteiger partial charge >= 0.3 is 0 Å². The molecule has 0 atom stereocenters. The molecule has 0 saturated carbocycles. The monoisotopic (exact) mass is 161 g/mol. The van der Waals surface area contributed by atoms with Gasteiger partial charge in [0.1, 0.15) is 19.0 Å². The molecule has 0 bridgehead atoms. The molecule has 0 saturated heterocycles. The van der Waals surface area contributed by atoms with Crippen molar-refractivity contribution in [1.82, 2.24) is 15.0 Å². The maximum absolute atomic E-state index is 3.56. The third-order valence-electron chi connectivity index (χ3n) is 0.400. The van der Waals surface area contributed by atoms with Crippen LogP contribution in [0, 0.1) is 0 Å². The van der Waals surface area contributed by atoms with Crippen LogP contribution in [-0.2, 0) is 0 Å². The second-order valence-electron chi connectivity index (χ2n) is 0.794. The third kappa shape index (κ3) is 2.22. The highest BCUT2D eigenvalue weighted by molar-refractivity contribution is 8.93. The van der Waals surface area contributed by atoms with Gasteiger partial charge in [-0.05, 0) is 0 Å². The molecule has 38 valence electrons. The fourth-order valence-electron chi connectivity index (χ4n) is 0.205. The van der Waals surface area contributed by atoms with Crippen molar-refractivity contribution in [3.63, 3.8) is 0 Å². The smallest absolute Gasteiger partial charge is 0.119 e. The van der Waals surface area contributed by atoms with E-state index in [1.165, 1.54) is 19.0 Å². The zero-order valence-electron chi connectivity index (χ0n) is 3.48. The van der Waals surface area contributed by atoms with Gasteiger partial charge in [0.25, 0.3) is 0 Å². The standard InChI is InChI=1S/C3H3N3.BrH/c1-4-2-6-3-5-1;/h1-3H;1H. The van der Waals surface area contributed by atoms with E-state index in [2.05, 4.69) is 15.0 Å². The lowest BCUT2D eigenvalue weighted by Crippen LogP contribution is -1.73. The van der Waals surface area contributed by atoms with Crippen molar-refractivity contribution >= 4 is 17.0 Å². The van der Waals surface area contributed by atoms with Crippen LogP contribution in [-0.4, -0.2) is 15.0 Å². The first kappa shape index (κ1) is 6.49. The van der Waals surface area contributed by atoms with Crippen LogP contribution in [0.3, 0.4) is 0 Å². The van der Waals surface area contributed by atoms with Gasteiger partial charge in [0.2, 0.25) is 0 Å². The lowest BCUT2D eigenvalue weighted by Gasteiger charge is -1.69. The van der Waals surface area contributed by atoms with Crippen LogP contribution >= 0.6 is 17.0 Å². The molecule has 3 nitrogen and oxygen atoms in total. The van der Waals surface area contributed by atoms with Gasteiger partial charge in [-0.25, -0.2) is 15.0 Å². The van der Waals surface area contributed by atoms with Gasteiger partial charge in [0.15, 0.2) is 0 Å². The van der Waals surface area contributed by atoms with Crippen molar-refractivity contribution < 1.29 is 0 Å². The van der Waals surface area contributed by atoms with Gasteiger partial charge in [0.05, 0.1) is 0 Å². The molecule has 0 fully saturated rings. The average Bonchev–Trinajstić information content (AvgIpc) is 1.72. The number of rotatable bonds is 0. The predicted molar refractivity (Wildman–Crippen MR) is 30.1 cm³/mol. The molecule has 0 amide bonds. The van der Waals surface area contributed by atoms with E-state index in [-0.39, 0.29) is 17.0 Å². The summed E-state index contributed by atoms with van der Waals surface area (Å²) in [6.07, 6.45) is 4.31. The van der Waals surface area contributed by atoms with Crippen LogP contribution in [0.2, 0.25) is 0 Å². The van der Waals surface area contributed by atoms with Crippen molar-refractivity contribution in [2.45, 2.75) is 0 Å². The lowest BCUT2D eigenvalue weighted by molar-refractivity contribution is 1.05. The summed E-state index contributed by atoms with van der Waals surface area (Å²) < 4.78 is 0. The number of hydrogen-bond donors (Lipinski definition) is 0. The molecular formula is C3H4BrN3. The molecule has 7 heavy (non-hydrogen) atoms. The number of aromatic nitrogens is 3. The summed E-state index contributed by atoms with van der Waals surface area (Å²) in [5, 5.41) is 0. The molecule has 0 radical (unpaired) electrons. The zero-order chi connectivity index (χ0) is 4.24. The van der Waals surface area contributed by atoms with Crippen molar-refractivity contribution in [3.8, 4) is 0 Å². The summed E-state index contributed by atoms with van der Waals surface area (Å²) in [5.74, 6) is 0. The van der Waals surface area contributed by atoms with Crippen molar-refractivity contribution in [3.05, 3.63) is 19.0 Å². The zero-order valence-corrected chi connectivity index (χ0v) is 5.20. The molecule has 1 rings (SSSR count). The maximum Gasteiger partial charge on any atom is 0.119 e. The second kappa shape index (κ2) is 3.67. The van der Waals surface area contributed by atoms with Crippen LogP contribution in [0.1, 0.15) is 0 Å². The van der Waals surface area contributed by atoms with Gasteiger partial charge in [-0.15, -0.1) is 17.0 Å². The quantitative estimate of drug-likeness (QED) is 0.555. The maximum atomic E-state index is 3.56. The number of hydrogen-bond acceptors (Lipinski definition) is 3. The first-order valence-corrected chi connectivity index (χ1v) is 1.55. The molecular weight excluding hydrogens is 158 g/mol. The summed E-state index contributed by atoms with van der Waals surface area (Å²) in [6.45, 7) is 0. The summed E-state index contributed by atoms with van der Waals surface area (Å²) in [6, 6.07) is 0. The molecule has 0 aliphatic carbocycles. The van der Waals surface area contributed by atoms with Crippen molar-refractivity contribution in [2.75, 3.05) is 0 Å². The Morgan fingerprint density at radius 3 is 1.14 bits per heavy atom. The van der Waals surface area contributed by atoms with Gasteiger partial charge in [-0.2, -0.15) is 0 Å². The minimum Gasteiger partial charge on any atom is -0.225 e. The summed E-state index contributed by atoms with van der Waals surface area (Å²) in [4.78, 5) is 10.7. The van der Waals surface area contributed by atoms with Crippen LogP contribution < -0.4 is 0 Å². The molecule has 1 aromatic heterocycles. The molecule has 0 aliphatic rings. The van der Waals surface area contributed by atoms with E-state index in [0.29, 0.717) is 0 Å². The minimum absolute atomic E-state index is 0. The third-order valence-corrected chi connectivity index (χ3v) is 0.400. The Morgan fingerprint density at radius 1 is 0.714 bits per heavy atom. The Morgan fingerprint density at radius 2 is 1.00 bits per heavy atom. The molecule has 1 heterocycles. The molecule has 0 unspecified atom stereocenters. The molecule has 0 aliphatic heterocycles. The summed E-state index contributed by atoms with van der Waals surface area (Å²) in [5.41, 5.74) is 0. The molecule has 0 spiro atoms.